The number of fused-ring (bicyclic) bond motifs is 1. The molecule has 0 saturated carbocycles. The first-order valence-corrected chi connectivity index (χ1v) is 7.83. The number of sulfone groups is 1. The molecule has 0 fully saturated rings. The summed E-state index contributed by atoms with van der Waals surface area (Å²) < 4.78 is 25.5. The molecule has 3 aromatic rings. The van der Waals surface area contributed by atoms with E-state index in [1.165, 1.54) is 12.6 Å². The minimum atomic E-state index is -3.33. The SMILES string of the molecule is CS(=O)(=O)c1cc2cccnc2n1Cc1cncnc1. The maximum atomic E-state index is 11.9. The van der Waals surface area contributed by atoms with Crippen molar-refractivity contribution in [2.75, 3.05) is 6.26 Å². The van der Waals surface area contributed by atoms with Gasteiger partial charge in [0.1, 0.15) is 17.0 Å². The molecule has 0 spiro atoms. The number of hydrogen-bond donors (Lipinski definition) is 0. The molecule has 0 aliphatic heterocycles. The lowest BCUT2D eigenvalue weighted by molar-refractivity contribution is 0.588. The van der Waals surface area contributed by atoms with Crippen LogP contribution in [0, 0.1) is 0 Å². The molecule has 0 atom stereocenters. The first-order chi connectivity index (χ1) is 9.55. The van der Waals surface area contributed by atoms with Crippen LogP contribution in [0.25, 0.3) is 11.0 Å². The highest BCUT2D eigenvalue weighted by molar-refractivity contribution is 7.90. The standard InChI is InChI=1S/C13H12N4O2S/c1-20(18,19)12-5-11-3-2-4-16-13(11)17(12)8-10-6-14-9-15-7-10/h2-7,9H,8H2,1H3. The number of hydrogen-bond acceptors (Lipinski definition) is 5. The van der Waals surface area contributed by atoms with Crippen LogP contribution in [0.2, 0.25) is 0 Å². The molecule has 0 aromatic carbocycles. The van der Waals surface area contributed by atoms with Crippen molar-refractivity contribution in [3.8, 4) is 0 Å². The average Bonchev–Trinajstić information content (AvgIpc) is 2.79. The monoisotopic (exact) mass is 288 g/mol. The van der Waals surface area contributed by atoms with Gasteiger partial charge in [0.25, 0.3) is 0 Å². The lowest BCUT2D eigenvalue weighted by atomic mass is 10.3. The molecule has 0 radical (unpaired) electrons. The molecule has 0 aliphatic rings. The van der Waals surface area contributed by atoms with Crippen molar-refractivity contribution in [1.29, 1.82) is 0 Å². The Morgan fingerprint density at radius 3 is 2.70 bits per heavy atom. The minimum Gasteiger partial charge on any atom is -0.312 e. The van der Waals surface area contributed by atoms with Crippen molar-refractivity contribution in [1.82, 2.24) is 19.5 Å². The van der Waals surface area contributed by atoms with Crippen molar-refractivity contribution >= 4 is 20.9 Å². The predicted octanol–water partition coefficient (Wildman–Crippen LogP) is 1.28. The molecule has 3 aromatic heterocycles. The van der Waals surface area contributed by atoms with Crippen molar-refractivity contribution in [3.63, 3.8) is 0 Å². The highest BCUT2D eigenvalue weighted by atomic mass is 32.2. The van der Waals surface area contributed by atoms with Gasteiger partial charge < -0.3 is 4.57 Å². The molecule has 0 bridgehead atoms. The van der Waals surface area contributed by atoms with Crippen LogP contribution in [0.4, 0.5) is 0 Å². The molecular formula is C13H12N4O2S. The quantitative estimate of drug-likeness (QED) is 0.725. The Morgan fingerprint density at radius 2 is 2.00 bits per heavy atom. The fraction of sp³-hybridized carbons (Fsp3) is 0.154. The summed E-state index contributed by atoms with van der Waals surface area (Å²) in [6, 6.07) is 5.26. The smallest absolute Gasteiger partial charge is 0.191 e. The van der Waals surface area contributed by atoms with Gasteiger partial charge in [-0.2, -0.15) is 0 Å². The molecule has 0 amide bonds. The highest BCUT2D eigenvalue weighted by Gasteiger charge is 2.18. The maximum Gasteiger partial charge on any atom is 0.191 e. The Bertz CT molecular complexity index is 856. The average molecular weight is 288 g/mol. The molecular weight excluding hydrogens is 276 g/mol. The van der Waals surface area contributed by atoms with Gasteiger partial charge in [0, 0.05) is 35.8 Å². The molecule has 6 nitrogen and oxygen atoms in total. The summed E-state index contributed by atoms with van der Waals surface area (Å²) in [5.74, 6) is 0. The topological polar surface area (TPSA) is 77.7 Å². The van der Waals surface area contributed by atoms with Crippen LogP contribution in [-0.2, 0) is 16.4 Å². The Morgan fingerprint density at radius 1 is 1.25 bits per heavy atom. The second-order valence-corrected chi connectivity index (χ2v) is 6.47. The van der Waals surface area contributed by atoms with Crippen molar-refractivity contribution in [2.45, 2.75) is 11.6 Å². The van der Waals surface area contributed by atoms with E-state index < -0.39 is 9.84 Å². The summed E-state index contributed by atoms with van der Waals surface area (Å²) in [5.41, 5.74) is 1.46. The highest BCUT2D eigenvalue weighted by Crippen LogP contribution is 2.22. The summed E-state index contributed by atoms with van der Waals surface area (Å²) in [5, 5.41) is 1.04. The maximum absolute atomic E-state index is 11.9. The fourth-order valence-corrected chi connectivity index (χ4v) is 3.01. The number of pyridine rings is 1. The fourth-order valence-electron chi connectivity index (χ4n) is 2.12. The molecule has 0 aliphatic carbocycles. The second kappa shape index (κ2) is 4.68. The van der Waals surface area contributed by atoms with E-state index in [1.54, 1.807) is 35.3 Å². The largest absolute Gasteiger partial charge is 0.312 e. The van der Waals surface area contributed by atoms with E-state index in [4.69, 9.17) is 0 Å². The number of nitrogens with zero attached hydrogens (tertiary/aromatic N) is 4. The van der Waals surface area contributed by atoms with Gasteiger partial charge in [-0.3, -0.25) is 0 Å². The van der Waals surface area contributed by atoms with Crippen LogP contribution in [0.1, 0.15) is 5.56 Å². The van der Waals surface area contributed by atoms with Gasteiger partial charge >= 0.3 is 0 Å². The third-order valence-electron chi connectivity index (χ3n) is 2.95. The van der Waals surface area contributed by atoms with E-state index in [9.17, 15) is 8.42 Å². The van der Waals surface area contributed by atoms with Crippen LogP contribution in [-0.4, -0.2) is 34.2 Å². The van der Waals surface area contributed by atoms with Gasteiger partial charge in [0.15, 0.2) is 9.84 Å². The molecule has 0 N–H and O–H groups in total. The zero-order valence-corrected chi connectivity index (χ0v) is 11.6. The summed E-state index contributed by atoms with van der Waals surface area (Å²) in [7, 11) is -3.33. The summed E-state index contributed by atoms with van der Waals surface area (Å²) >= 11 is 0. The van der Waals surface area contributed by atoms with E-state index in [0.29, 0.717) is 12.2 Å². The van der Waals surface area contributed by atoms with Crippen LogP contribution in [0.15, 0.2) is 48.1 Å². The van der Waals surface area contributed by atoms with Crippen molar-refractivity contribution in [2.24, 2.45) is 0 Å². The molecule has 0 unspecified atom stereocenters. The lowest BCUT2D eigenvalue weighted by Gasteiger charge is -2.08. The zero-order valence-electron chi connectivity index (χ0n) is 10.8. The van der Waals surface area contributed by atoms with Gasteiger partial charge in [-0.25, -0.2) is 23.4 Å². The summed E-state index contributed by atoms with van der Waals surface area (Å²) in [6.45, 7) is 0.365. The van der Waals surface area contributed by atoms with Gasteiger partial charge in [-0.15, -0.1) is 0 Å². The van der Waals surface area contributed by atoms with Crippen LogP contribution >= 0.6 is 0 Å². The Hall–Kier alpha value is -2.28. The van der Waals surface area contributed by atoms with Crippen molar-refractivity contribution < 1.29 is 8.42 Å². The number of rotatable bonds is 3. The van der Waals surface area contributed by atoms with Crippen LogP contribution in [0.5, 0.6) is 0 Å². The predicted molar refractivity (Wildman–Crippen MR) is 74.0 cm³/mol. The van der Waals surface area contributed by atoms with Crippen molar-refractivity contribution in [3.05, 3.63) is 48.7 Å². The van der Waals surface area contributed by atoms with Gasteiger partial charge in [-0.1, -0.05) is 0 Å². The Kier molecular flexibility index (Phi) is 2.98. The zero-order chi connectivity index (χ0) is 14.2. The first kappa shape index (κ1) is 12.7. The normalized spacial score (nSPS) is 11.8. The second-order valence-electron chi connectivity index (χ2n) is 4.50. The van der Waals surface area contributed by atoms with E-state index in [2.05, 4.69) is 15.0 Å². The molecule has 7 heteroatoms. The number of aromatic nitrogens is 4. The van der Waals surface area contributed by atoms with Gasteiger partial charge in [0.2, 0.25) is 0 Å². The minimum absolute atomic E-state index is 0.245. The molecule has 0 saturated heterocycles. The first-order valence-electron chi connectivity index (χ1n) is 5.94. The molecule has 20 heavy (non-hydrogen) atoms. The van der Waals surface area contributed by atoms with Crippen LogP contribution < -0.4 is 0 Å². The third-order valence-corrected chi connectivity index (χ3v) is 4.05. The van der Waals surface area contributed by atoms with Crippen LogP contribution in [0.3, 0.4) is 0 Å². The van der Waals surface area contributed by atoms with E-state index in [-0.39, 0.29) is 5.03 Å². The van der Waals surface area contributed by atoms with E-state index in [1.807, 2.05) is 6.07 Å². The lowest BCUT2D eigenvalue weighted by Crippen LogP contribution is -2.09. The van der Waals surface area contributed by atoms with Gasteiger partial charge in [0.05, 0.1) is 6.54 Å². The Balaban J connectivity index is 2.22. The Labute approximate surface area is 116 Å². The summed E-state index contributed by atoms with van der Waals surface area (Å²) in [6.07, 6.45) is 7.60. The van der Waals surface area contributed by atoms with Gasteiger partial charge in [-0.05, 0) is 18.2 Å². The van der Waals surface area contributed by atoms with E-state index >= 15 is 0 Å². The third kappa shape index (κ3) is 2.27. The molecule has 102 valence electrons. The molecule has 3 heterocycles. The summed E-state index contributed by atoms with van der Waals surface area (Å²) in [4.78, 5) is 12.2. The molecule has 3 rings (SSSR count). The van der Waals surface area contributed by atoms with E-state index in [0.717, 1.165) is 10.9 Å².